The van der Waals surface area contributed by atoms with Gasteiger partial charge in [0.2, 0.25) is 5.91 Å². The molecule has 1 rings (SSSR count). The third kappa shape index (κ3) is 5.49. The number of aromatic amines is 1. The van der Waals surface area contributed by atoms with E-state index in [1.807, 2.05) is 0 Å². The van der Waals surface area contributed by atoms with Gasteiger partial charge in [-0.3, -0.25) is 4.79 Å². The van der Waals surface area contributed by atoms with Gasteiger partial charge in [0.25, 0.3) is 0 Å². The molecule has 1 aromatic heterocycles. The molecule has 5 heteroatoms. The number of unbranched alkanes of at least 4 members (excludes halogenated alkanes) is 1. The normalized spacial score (nSPS) is 12.4. The van der Waals surface area contributed by atoms with E-state index in [9.17, 15) is 4.79 Å². The largest absolute Gasteiger partial charge is 0.355 e. The van der Waals surface area contributed by atoms with E-state index in [1.54, 1.807) is 12.4 Å². The van der Waals surface area contributed by atoms with Gasteiger partial charge in [0.15, 0.2) is 0 Å². The maximum Gasteiger partial charge on any atom is 0.236 e. The van der Waals surface area contributed by atoms with Gasteiger partial charge in [-0.05, 0) is 12.8 Å². The number of aromatic nitrogens is 2. The Morgan fingerprint density at radius 1 is 1.59 bits per heavy atom. The van der Waals surface area contributed by atoms with Crippen molar-refractivity contribution in [2.45, 2.75) is 45.1 Å². The molecule has 0 fully saturated rings. The number of rotatable bonds is 8. The summed E-state index contributed by atoms with van der Waals surface area (Å²) in [6.07, 6.45) is 8.08. The lowest BCUT2D eigenvalue weighted by Crippen LogP contribution is -2.40. The van der Waals surface area contributed by atoms with Gasteiger partial charge in [-0.1, -0.05) is 19.8 Å². The summed E-state index contributed by atoms with van der Waals surface area (Å²) in [5.74, 6) is 0.910. The van der Waals surface area contributed by atoms with Crippen LogP contribution in [0.1, 0.15) is 38.4 Å². The molecule has 5 nitrogen and oxygen atoms in total. The highest BCUT2D eigenvalue weighted by Gasteiger charge is 2.11. The average molecular weight is 238 g/mol. The number of nitrogens with two attached hydrogens (primary N) is 1. The summed E-state index contributed by atoms with van der Waals surface area (Å²) in [4.78, 5) is 18.7. The fourth-order valence-electron chi connectivity index (χ4n) is 1.59. The summed E-state index contributed by atoms with van der Waals surface area (Å²) in [7, 11) is 0. The quantitative estimate of drug-likeness (QED) is 0.590. The van der Waals surface area contributed by atoms with Crippen molar-refractivity contribution in [3.8, 4) is 0 Å². The van der Waals surface area contributed by atoms with Gasteiger partial charge in [-0.2, -0.15) is 0 Å². The molecular formula is C12H22N4O. The second-order valence-corrected chi connectivity index (χ2v) is 4.18. The zero-order valence-corrected chi connectivity index (χ0v) is 10.4. The molecule has 0 aliphatic carbocycles. The number of aryl methyl sites for hydroxylation is 1. The molecule has 17 heavy (non-hydrogen) atoms. The Balaban J connectivity index is 2.07. The number of nitrogens with zero attached hydrogens (tertiary/aromatic N) is 1. The van der Waals surface area contributed by atoms with Gasteiger partial charge in [-0.25, -0.2) is 4.98 Å². The van der Waals surface area contributed by atoms with Crippen LogP contribution >= 0.6 is 0 Å². The van der Waals surface area contributed by atoms with Gasteiger partial charge in [0.05, 0.1) is 6.04 Å². The van der Waals surface area contributed by atoms with Crippen molar-refractivity contribution in [1.82, 2.24) is 15.3 Å². The van der Waals surface area contributed by atoms with E-state index >= 15 is 0 Å². The summed E-state index contributed by atoms with van der Waals surface area (Å²) in [5, 5.41) is 2.85. The number of hydrogen-bond donors (Lipinski definition) is 3. The number of nitrogens with one attached hydrogen (secondary N) is 2. The van der Waals surface area contributed by atoms with E-state index in [2.05, 4.69) is 22.2 Å². The predicted molar refractivity (Wildman–Crippen MR) is 67.4 cm³/mol. The van der Waals surface area contributed by atoms with Crippen LogP contribution in [0.4, 0.5) is 0 Å². The van der Waals surface area contributed by atoms with Crippen LogP contribution in [0.25, 0.3) is 0 Å². The Kier molecular flexibility index (Phi) is 6.32. The maximum absolute atomic E-state index is 11.6. The molecule has 0 saturated carbocycles. The van der Waals surface area contributed by atoms with Crippen LogP contribution in [0, 0.1) is 0 Å². The average Bonchev–Trinajstić information content (AvgIpc) is 2.84. The maximum atomic E-state index is 11.6. The van der Waals surface area contributed by atoms with E-state index < -0.39 is 0 Å². The number of hydrogen-bond acceptors (Lipinski definition) is 3. The van der Waals surface area contributed by atoms with Crippen molar-refractivity contribution in [2.75, 3.05) is 6.54 Å². The van der Waals surface area contributed by atoms with Crippen LogP contribution in [0.5, 0.6) is 0 Å². The van der Waals surface area contributed by atoms with Crippen molar-refractivity contribution < 1.29 is 4.79 Å². The second kappa shape index (κ2) is 7.84. The van der Waals surface area contributed by atoms with Gasteiger partial charge in [-0.15, -0.1) is 0 Å². The molecule has 1 aromatic rings. The second-order valence-electron chi connectivity index (χ2n) is 4.18. The molecule has 0 aliphatic heterocycles. The van der Waals surface area contributed by atoms with Crippen molar-refractivity contribution in [1.29, 1.82) is 0 Å². The molecule has 0 unspecified atom stereocenters. The smallest absolute Gasteiger partial charge is 0.236 e. The van der Waals surface area contributed by atoms with Crippen molar-refractivity contribution in [3.63, 3.8) is 0 Å². The third-order valence-electron chi connectivity index (χ3n) is 2.65. The van der Waals surface area contributed by atoms with Gasteiger partial charge in [0, 0.05) is 25.4 Å². The van der Waals surface area contributed by atoms with Gasteiger partial charge in [0.1, 0.15) is 5.82 Å². The Morgan fingerprint density at radius 3 is 3.06 bits per heavy atom. The van der Waals surface area contributed by atoms with Crippen LogP contribution in [0.2, 0.25) is 0 Å². The van der Waals surface area contributed by atoms with E-state index in [0.29, 0.717) is 6.54 Å². The van der Waals surface area contributed by atoms with Crippen LogP contribution in [-0.4, -0.2) is 28.5 Å². The van der Waals surface area contributed by atoms with E-state index in [4.69, 9.17) is 5.73 Å². The number of amides is 1. The van der Waals surface area contributed by atoms with Crippen LogP contribution in [0.15, 0.2) is 12.4 Å². The highest BCUT2D eigenvalue weighted by Crippen LogP contribution is 1.98. The lowest BCUT2D eigenvalue weighted by Gasteiger charge is -2.11. The van der Waals surface area contributed by atoms with Gasteiger partial charge < -0.3 is 16.0 Å². The fourth-order valence-corrected chi connectivity index (χ4v) is 1.59. The van der Waals surface area contributed by atoms with E-state index in [0.717, 1.165) is 37.9 Å². The van der Waals surface area contributed by atoms with Crippen molar-refractivity contribution >= 4 is 5.91 Å². The molecule has 0 bridgehead atoms. The first-order valence-electron chi connectivity index (χ1n) is 6.25. The Bertz CT molecular complexity index is 310. The van der Waals surface area contributed by atoms with Crippen LogP contribution in [0.3, 0.4) is 0 Å². The molecule has 1 atom stereocenters. The standard InChI is InChI=1S/C12H22N4O/c1-2-3-5-10(13)12(17)16-7-4-6-11-14-8-9-15-11/h8-10H,2-7,13H2,1H3,(H,14,15)(H,16,17)/t10-/m0/s1. The Hall–Kier alpha value is -1.36. The molecule has 0 aromatic carbocycles. The SMILES string of the molecule is CCCC[C@H](N)C(=O)NCCCc1ncc[nH]1. The number of carbonyl (C=O) groups is 1. The summed E-state index contributed by atoms with van der Waals surface area (Å²) in [5.41, 5.74) is 5.75. The number of H-pyrrole nitrogens is 1. The first-order valence-corrected chi connectivity index (χ1v) is 6.25. The highest BCUT2D eigenvalue weighted by molar-refractivity contribution is 5.81. The summed E-state index contributed by atoms with van der Waals surface area (Å²) >= 11 is 0. The molecule has 96 valence electrons. The first kappa shape index (κ1) is 13.7. The van der Waals surface area contributed by atoms with Crippen molar-refractivity contribution in [3.05, 3.63) is 18.2 Å². The zero-order valence-electron chi connectivity index (χ0n) is 10.4. The topological polar surface area (TPSA) is 83.8 Å². The van der Waals surface area contributed by atoms with Crippen LogP contribution < -0.4 is 11.1 Å². The van der Waals surface area contributed by atoms with E-state index in [1.165, 1.54) is 0 Å². The lowest BCUT2D eigenvalue weighted by molar-refractivity contribution is -0.122. The first-order chi connectivity index (χ1) is 8.24. The number of imidazole rings is 1. The Morgan fingerprint density at radius 2 is 2.41 bits per heavy atom. The molecule has 1 heterocycles. The lowest BCUT2D eigenvalue weighted by atomic mass is 10.1. The minimum Gasteiger partial charge on any atom is -0.355 e. The number of carbonyl (C=O) groups excluding carboxylic acids is 1. The molecule has 0 saturated heterocycles. The third-order valence-corrected chi connectivity index (χ3v) is 2.65. The molecule has 4 N–H and O–H groups in total. The van der Waals surface area contributed by atoms with Crippen LogP contribution in [-0.2, 0) is 11.2 Å². The molecule has 0 radical (unpaired) electrons. The monoisotopic (exact) mass is 238 g/mol. The molecular weight excluding hydrogens is 216 g/mol. The molecule has 1 amide bonds. The zero-order chi connectivity index (χ0) is 12.5. The summed E-state index contributed by atoms with van der Waals surface area (Å²) in [6, 6.07) is -0.362. The fraction of sp³-hybridized carbons (Fsp3) is 0.667. The van der Waals surface area contributed by atoms with Crippen molar-refractivity contribution in [2.24, 2.45) is 5.73 Å². The Labute approximate surface area is 102 Å². The highest BCUT2D eigenvalue weighted by atomic mass is 16.2. The minimum absolute atomic E-state index is 0.0436. The molecule has 0 aliphatic rings. The summed E-state index contributed by atoms with van der Waals surface area (Å²) < 4.78 is 0. The minimum atomic E-state index is -0.362. The summed E-state index contributed by atoms with van der Waals surface area (Å²) in [6.45, 7) is 2.74. The van der Waals surface area contributed by atoms with E-state index in [-0.39, 0.29) is 11.9 Å². The predicted octanol–water partition coefficient (Wildman–Crippen LogP) is 0.976. The molecule has 0 spiro atoms. The van der Waals surface area contributed by atoms with Gasteiger partial charge >= 0.3 is 0 Å².